The third-order valence-corrected chi connectivity index (χ3v) is 5.20. The standard InChI is InChI=1S/C21H22FN3O5/c22-15-2-4-16(5-3-15)24-7-9-25(10-8-24)21(28)17(12-26)23-20(27)14-1-6-18-19(11-14)30-13-29-18/h1-6,11,17,26H,7-10,12-13H2,(H,23,27)/t17-/m0/s1. The van der Waals surface area contributed by atoms with E-state index in [1.807, 2.05) is 0 Å². The third-order valence-electron chi connectivity index (χ3n) is 5.20. The van der Waals surface area contributed by atoms with Gasteiger partial charge in [-0.25, -0.2) is 4.39 Å². The van der Waals surface area contributed by atoms with E-state index < -0.39 is 18.6 Å². The summed E-state index contributed by atoms with van der Waals surface area (Å²) in [5.74, 6) is -0.0978. The topological polar surface area (TPSA) is 91.3 Å². The van der Waals surface area contributed by atoms with E-state index in [9.17, 15) is 19.1 Å². The van der Waals surface area contributed by atoms with E-state index in [-0.39, 0.29) is 18.5 Å². The van der Waals surface area contributed by atoms with Gasteiger partial charge in [-0.2, -0.15) is 0 Å². The summed E-state index contributed by atoms with van der Waals surface area (Å²) in [5.41, 5.74) is 1.20. The highest BCUT2D eigenvalue weighted by Crippen LogP contribution is 2.32. The van der Waals surface area contributed by atoms with Crippen molar-refractivity contribution in [1.29, 1.82) is 0 Å². The first-order valence-corrected chi connectivity index (χ1v) is 9.66. The normalized spacial score (nSPS) is 16.3. The van der Waals surface area contributed by atoms with Gasteiger partial charge in [-0.05, 0) is 42.5 Å². The molecule has 30 heavy (non-hydrogen) atoms. The van der Waals surface area contributed by atoms with Gasteiger partial charge >= 0.3 is 0 Å². The van der Waals surface area contributed by atoms with Gasteiger partial charge in [-0.15, -0.1) is 0 Å². The molecule has 0 aromatic heterocycles. The van der Waals surface area contributed by atoms with Gasteiger partial charge in [0.25, 0.3) is 5.91 Å². The maximum atomic E-state index is 13.1. The molecule has 2 N–H and O–H groups in total. The van der Waals surface area contributed by atoms with Crippen LogP contribution in [0.3, 0.4) is 0 Å². The van der Waals surface area contributed by atoms with Crippen LogP contribution in [0.25, 0.3) is 0 Å². The molecule has 2 aliphatic rings. The molecule has 9 heteroatoms. The van der Waals surface area contributed by atoms with Crippen molar-refractivity contribution < 1.29 is 28.6 Å². The van der Waals surface area contributed by atoms with Gasteiger partial charge in [0, 0.05) is 37.4 Å². The summed E-state index contributed by atoms with van der Waals surface area (Å²) < 4.78 is 23.6. The van der Waals surface area contributed by atoms with Gasteiger partial charge in [-0.3, -0.25) is 9.59 Å². The Bertz CT molecular complexity index is 929. The molecule has 2 heterocycles. The number of fused-ring (bicyclic) bond motifs is 1. The molecule has 1 atom stereocenters. The largest absolute Gasteiger partial charge is 0.454 e. The molecule has 0 radical (unpaired) electrons. The molecule has 2 amide bonds. The number of rotatable bonds is 5. The van der Waals surface area contributed by atoms with Crippen LogP contribution in [0.15, 0.2) is 42.5 Å². The quantitative estimate of drug-likeness (QED) is 0.757. The highest BCUT2D eigenvalue weighted by atomic mass is 19.1. The van der Waals surface area contributed by atoms with Crippen LogP contribution in [0.1, 0.15) is 10.4 Å². The molecule has 2 aromatic rings. The maximum absolute atomic E-state index is 13.1. The number of amides is 2. The number of nitrogens with zero attached hydrogens (tertiary/aromatic N) is 2. The Morgan fingerprint density at radius 3 is 2.43 bits per heavy atom. The lowest BCUT2D eigenvalue weighted by atomic mass is 10.1. The van der Waals surface area contributed by atoms with Gasteiger partial charge in [0.05, 0.1) is 6.61 Å². The number of aliphatic hydroxyl groups excluding tert-OH is 1. The number of carbonyl (C=O) groups is 2. The number of carbonyl (C=O) groups excluding carboxylic acids is 2. The van der Waals surface area contributed by atoms with Crippen molar-refractivity contribution in [2.45, 2.75) is 6.04 Å². The lowest BCUT2D eigenvalue weighted by Gasteiger charge is -2.37. The van der Waals surface area contributed by atoms with Crippen LogP contribution in [0, 0.1) is 5.82 Å². The zero-order chi connectivity index (χ0) is 21.1. The lowest BCUT2D eigenvalue weighted by Crippen LogP contribution is -2.56. The van der Waals surface area contributed by atoms with Crippen molar-refractivity contribution >= 4 is 17.5 Å². The summed E-state index contributed by atoms with van der Waals surface area (Å²) >= 11 is 0. The second-order valence-electron chi connectivity index (χ2n) is 7.07. The Kier molecular flexibility index (Phi) is 5.71. The first-order valence-electron chi connectivity index (χ1n) is 9.66. The molecule has 0 unspecified atom stereocenters. The van der Waals surface area contributed by atoms with E-state index in [0.29, 0.717) is 43.2 Å². The number of aliphatic hydroxyl groups is 1. The van der Waals surface area contributed by atoms with Crippen molar-refractivity contribution in [3.05, 3.63) is 53.8 Å². The monoisotopic (exact) mass is 415 g/mol. The minimum Gasteiger partial charge on any atom is -0.454 e. The molecular formula is C21H22FN3O5. The summed E-state index contributed by atoms with van der Waals surface area (Å²) in [7, 11) is 0. The molecule has 4 rings (SSSR count). The fraction of sp³-hybridized carbons (Fsp3) is 0.333. The Hall–Kier alpha value is -3.33. The minimum atomic E-state index is -1.04. The fourth-order valence-electron chi connectivity index (χ4n) is 3.52. The van der Waals surface area contributed by atoms with E-state index in [2.05, 4.69) is 10.2 Å². The van der Waals surface area contributed by atoms with Gasteiger partial charge in [0.15, 0.2) is 11.5 Å². The summed E-state index contributed by atoms with van der Waals surface area (Å²) in [6.07, 6.45) is 0. The average Bonchev–Trinajstić information content (AvgIpc) is 3.25. The molecule has 0 spiro atoms. The van der Waals surface area contributed by atoms with Crippen LogP contribution in [0.2, 0.25) is 0 Å². The molecule has 2 aromatic carbocycles. The number of anilines is 1. The van der Waals surface area contributed by atoms with Crippen LogP contribution in [0.4, 0.5) is 10.1 Å². The van der Waals surface area contributed by atoms with Gasteiger partial charge < -0.3 is 29.7 Å². The first-order chi connectivity index (χ1) is 14.5. The second-order valence-corrected chi connectivity index (χ2v) is 7.07. The maximum Gasteiger partial charge on any atom is 0.252 e. The Morgan fingerprint density at radius 2 is 1.73 bits per heavy atom. The summed E-state index contributed by atoms with van der Waals surface area (Å²) in [5, 5.41) is 12.3. The van der Waals surface area contributed by atoms with E-state index in [0.717, 1.165) is 5.69 Å². The summed E-state index contributed by atoms with van der Waals surface area (Å²) in [6, 6.07) is 9.91. The average molecular weight is 415 g/mol. The van der Waals surface area contributed by atoms with Crippen LogP contribution in [-0.2, 0) is 4.79 Å². The molecule has 158 valence electrons. The number of hydrogen-bond acceptors (Lipinski definition) is 6. The van der Waals surface area contributed by atoms with Crippen LogP contribution >= 0.6 is 0 Å². The second kappa shape index (κ2) is 8.58. The number of benzene rings is 2. The van der Waals surface area contributed by atoms with Crippen molar-refractivity contribution in [3.63, 3.8) is 0 Å². The first kappa shape index (κ1) is 20.0. The van der Waals surface area contributed by atoms with E-state index in [1.165, 1.54) is 18.2 Å². The highest BCUT2D eigenvalue weighted by molar-refractivity contribution is 5.98. The smallest absolute Gasteiger partial charge is 0.252 e. The van der Waals surface area contributed by atoms with Crippen molar-refractivity contribution in [2.24, 2.45) is 0 Å². The molecule has 1 saturated heterocycles. The van der Waals surface area contributed by atoms with Crippen LogP contribution in [-0.4, -0.2) is 67.4 Å². The SMILES string of the molecule is O=C(N[C@@H](CO)C(=O)N1CCN(c2ccc(F)cc2)CC1)c1ccc2c(c1)OCO2. The van der Waals surface area contributed by atoms with Crippen LogP contribution in [0.5, 0.6) is 11.5 Å². The van der Waals surface area contributed by atoms with E-state index in [4.69, 9.17) is 9.47 Å². The van der Waals surface area contributed by atoms with E-state index >= 15 is 0 Å². The van der Waals surface area contributed by atoms with Gasteiger partial charge in [-0.1, -0.05) is 0 Å². The fourth-order valence-corrected chi connectivity index (χ4v) is 3.52. The lowest BCUT2D eigenvalue weighted by molar-refractivity contribution is -0.134. The Labute approximate surface area is 172 Å². The zero-order valence-corrected chi connectivity index (χ0v) is 16.2. The van der Waals surface area contributed by atoms with Gasteiger partial charge in [0.2, 0.25) is 12.7 Å². The number of halogens is 1. The Morgan fingerprint density at radius 1 is 1.03 bits per heavy atom. The van der Waals surface area contributed by atoms with Crippen molar-refractivity contribution in [1.82, 2.24) is 10.2 Å². The van der Waals surface area contributed by atoms with Crippen LogP contribution < -0.4 is 19.7 Å². The highest BCUT2D eigenvalue weighted by Gasteiger charge is 2.29. The molecule has 0 bridgehead atoms. The molecule has 0 saturated carbocycles. The molecular weight excluding hydrogens is 393 g/mol. The van der Waals surface area contributed by atoms with E-state index in [1.54, 1.807) is 29.2 Å². The Balaban J connectivity index is 1.35. The number of ether oxygens (including phenoxy) is 2. The van der Waals surface area contributed by atoms with Gasteiger partial charge in [0.1, 0.15) is 11.9 Å². The molecule has 0 aliphatic carbocycles. The predicted octanol–water partition coefficient (Wildman–Crippen LogP) is 0.994. The number of hydrogen-bond donors (Lipinski definition) is 2. The third kappa shape index (κ3) is 4.16. The molecule has 8 nitrogen and oxygen atoms in total. The summed E-state index contributed by atoms with van der Waals surface area (Å²) in [6.45, 7) is 1.62. The van der Waals surface area contributed by atoms with Crippen molar-refractivity contribution in [3.8, 4) is 11.5 Å². The molecule has 2 aliphatic heterocycles. The zero-order valence-electron chi connectivity index (χ0n) is 16.2. The minimum absolute atomic E-state index is 0.0993. The number of piperazine rings is 1. The molecule has 1 fully saturated rings. The van der Waals surface area contributed by atoms with Crippen molar-refractivity contribution in [2.75, 3.05) is 44.5 Å². The number of nitrogens with one attached hydrogen (secondary N) is 1. The predicted molar refractivity (Wildman–Crippen MR) is 106 cm³/mol. The summed E-state index contributed by atoms with van der Waals surface area (Å²) in [4.78, 5) is 29.0.